The number of benzene rings is 2. The van der Waals surface area contributed by atoms with Crippen LogP contribution in [0.2, 0.25) is 5.02 Å². The lowest BCUT2D eigenvalue weighted by Crippen LogP contribution is -2.19. The molecular formula is C19H19ClN2O2. The Balaban J connectivity index is 1.88. The third-order valence-corrected chi connectivity index (χ3v) is 4.14. The number of aromatic amines is 1. The van der Waals surface area contributed by atoms with Crippen LogP contribution in [0.15, 0.2) is 53.3 Å². The molecule has 4 nitrogen and oxygen atoms in total. The Kier molecular flexibility index (Phi) is 4.88. The average molecular weight is 343 g/mol. The van der Waals surface area contributed by atoms with E-state index < -0.39 is 0 Å². The Morgan fingerprint density at radius 1 is 1.08 bits per heavy atom. The number of fused-ring (bicyclic) bond motifs is 1. The van der Waals surface area contributed by atoms with Gasteiger partial charge in [0.2, 0.25) is 0 Å². The molecule has 0 amide bonds. The van der Waals surface area contributed by atoms with E-state index in [9.17, 15) is 4.79 Å². The molecule has 0 aliphatic carbocycles. The molecule has 0 atom stereocenters. The number of H-pyrrole nitrogens is 1. The molecule has 1 N–H and O–H groups in total. The van der Waals surface area contributed by atoms with Crippen LogP contribution >= 0.6 is 11.6 Å². The highest BCUT2D eigenvalue weighted by Crippen LogP contribution is 2.26. The molecule has 1 aromatic heterocycles. The molecule has 0 aliphatic rings. The maximum Gasteiger partial charge on any atom is 0.256 e. The minimum Gasteiger partial charge on any atom is -0.492 e. The lowest BCUT2D eigenvalue weighted by atomic mass is 10.1. The van der Waals surface area contributed by atoms with Crippen molar-refractivity contribution in [1.82, 2.24) is 9.88 Å². The largest absolute Gasteiger partial charge is 0.492 e. The van der Waals surface area contributed by atoms with E-state index in [-0.39, 0.29) is 5.56 Å². The predicted octanol–water partition coefficient (Wildman–Crippen LogP) is 3.79. The minimum atomic E-state index is -0.142. The fourth-order valence-electron chi connectivity index (χ4n) is 2.48. The number of pyridine rings is 1. The number of hydrogen-bond donors (Lipinski definition) is 1. The van der Waals surface area contributed by atoms with Crippen molar-refractivity contribution < 1.29 is 4.74 Å². The van der Waals surface area contributed by atoms with Crippen LogP contribution in [-0.2, 0) is 0 Å². The number of halogens is 1. The zero-order chi connectivity index (χ0) is 17.1. The second-order valence-electron chi connectivity index (χ2n) is 5.89. The third kappa shape index (κ3) is 3.61. The Bertz CT molecular complexity index is 901. The van der Waals surface area contributed by atoms with E-state index in [1.54, 1.807) is 18.2 Å². The standard InChI is InChI=1S/C19H19ClN2O2/c1-22(2)10-11-24-14-8-6-13(7-9-14)18-12-16-15(19(23)21-18)4-3-5-17(16)20/h3-9,12H,10-11H2,1-2H3,(H,21,23). The minimum absolute atomic E-state index is 0.142. The number of nitrogens with one attached hydrogen (secondary N) is 1. The van der Waals surface area contributed by atoms with Crippen molar-refractivity contribution in [3.63, 3.8) is 0 Å². The Morgan fingerprint density at radius 3 is 2.54 bits per heavy atom. The van der Waals surface area contributed by atoms with Crippen molar-refractivity contribution in [1.29, 1.82) is 0 Å². The smallest absolute Gasteiger partial charge is 0.256 e. The van der Waals surface area contributed by atoms with Crippen LogP contribution in [0.25, 0.3) is 22.0 Å². The van der Waals surface area contributed by atoms with Crippen molar-refractivity contribution in [3.05, 3.63) is 63.9 Å². The molecule has 3 aromatic rings. The highest BCUT2D eigenvalue weighted by atomic mass is 35.5. The fourth-order valence-corrected chi connectivity index (χ4v) is 2.71. The highest BCUT2D eigenvalue weighted by molar-refractivity contribution is 6.35. The lowest BCUT2D eigenvalue weighted by molar-refractivity contribution is 0.261. The number of aromatic nitrogens is 1. The first-order valence-electron chi connectivity index (χ1n) is 7.74. The van der Waals surface area contributed by atoms with Crippen molar-refractivity contribution in [3.8, 4) is 17.0 Å². The van der Waals surface area contributed by atoms with Gasteiger partial charge in [0.25, 0.3) is 5.56 Å². The number of nitrogens with zero attached hydrogens (tertiary/aromatic N) is 1. The summed E-state index contributed by atoms with van der Waals surface area (Å²) in [6, 6.07) is 14.9. The monoisotopic (exact) mass is 342 g/mol. The Morgan fingerprint density at radius 2 is 1.83 bits per heavy atom. The summed E-state index contributed by atoms with van der Waals surface area (Å²) < 4.78 is 5.69. The Labute approximate surface area is 145 Å². The molecule has 3 rings (SSSR count). The maximum absolute atomic E-state index is 12.3. The van der Waals surface area contributed by atoms with Crippen LogP contribution in [0.4, 0.5) is 0 Å². The van der Waals surface area contributed by atoms with Gasteiger partial charge in [-0.3, -0.25) is 4.79 Å². The summed E-state index contributed by atoms with van der Waals surface area (Å²) >= 11 is 6.22. The molecule has 0 unspecified atom stereocenters. The zero-order valence-corrected chi connectivity index (χ0v) is 14.4. The molecule has 2 aromatic carbocycles. The molecule has 5 heteroatoms. The number of rotatable bonds is 5. The molecule has 0 bridgehead atoms. The van der Waals surface area contributed by atoms with Gasteiger partial charge in [-0.2, -0.15) is 0 Å². The highest BCUT2D eigenvalue weighted by Gasteiger charge is 2.07. The van der Waals surface area contributed by atoms with E-state index >= 15 is 0 Å². The van der Waals surface area contributed by atoms with Gasteiger partial charge in [-0.05, 0) is 62.1 Å². The summed E-state index contributed by atoms with van der Waals surface area (Å²) in [4.78, 5) is 17.2. The van der Waals surface area contributed by atoms with E-state index in [1.807, 2.05) is 44.4 Å². The van der Waals surface area contributed by atoms with Crippen LogP contribution in [0.1, 0.15) is 0 Å². The maximum atomic E-state index is 12.3. The van der Waals surface area contributed by atoms with Crippen LogP contribution in [0.5, 0.6) is 5.75 Å². The van der Waals surface area contributed by atoms with Gasteiger partial charge in [0.05, 0.1) is 0 Å². The summed E-state index contributed by atoms with van der Waals surface area (Å²) in [5, 5.41) is 1.92. The molecule has 0 saturated heterocycles. The molecule has 0 spiro atoms. The fraction of sp³-hybridized carbons (Fsp3) is 0.211. The SMILES string of the molecule is CN(C)CCOc1ccc(-c2cc3c(Cl)cccc3c(=O)[nH]2)cc1. The first-order valence-corrected chi connectivity index (χ1v) is 8.12. The summed E-state index contributed by atoms with van der Waals surface area (Å²) in [6.45, 7) is 1.49. The van der Waals surface area contributed by atoms with E-state index in [1.165, 1.54) is 0 Å². The first-order chi connectivity index (χ1) is 11.5. The molecule has 1 heterocycles. The van der Waals surface area contributed by atoms with E-state index in [4.69, 9.17) is 16.3 Å². The summed E-state index contributed by atoms with van der Waals surface area (Å²) in [6.07, 6.45) is 0. The molecule has 24 heavy (non-hydrogen) atoms. The first kappa shape index (κ1) is 16.6. The third-order valence-electron chi connectivity index (χ3n) is 3.81. The van der Waals surface area contributed by atoms with Gasteiger partial charge in [0.15, 0.2) is 0 Å². The number of ether oxygens (including phenoxy) is 1. The summed E-state index contributed by atoms with van der Waals surface area (Å²) in [5.41, 5.74) is 1.51. The van der Waals surface area contributed by atoms with Crippen LogP contribution in [0.3, 0.4) is 0 Å². The number of likely N-dealkylation sites (N-methyl/N-ethyl adjacent to an activating group) is 1. The van der Waals surface area contributed by atoms with Gasteiger partial charge in [-0.15, -0.1) is 0 Å². The van der Waals surface area contributed by atoms with E-state index in [2.05, 4.69) is 9.88 Å². The summed E-state index contributed by atoms with van der Waals surface area (Å²) in [7, 11) is 4.02. The van der Waals surface area contributed by atoms with Crippen molar-refractivity contribution in [2.75, 3.05) is 27.2 Å². The molecular weight excluding hydrogens is 324 g/mol. The normalized spacial score (nSPS) is 11.2. The lowest BCUT2D eigenvalue weighted by Gasteiger charge is -2.11. The predicted molar refractivity (Wildman–Crippen MR) is 99.1 cm³/mol. The van der Waals surface area contributed by atoms with Crippen molar-refractivity contribution in [2.45, 2.75) is 0 Å². The molecule has 0 radical (unpaired) electrons. The van der Waals surface area contributed by atoms with Gasteiger partial charge >= 0.3 is 0 Å². The second-order valence-corrected chi connectivity index (χ2v) is 6.30. The van der Waals surface area contributed by atoms with Crippen LogP contribution in [0, 0.1) is 0 Å². The van der Waals surface area contributed by atoms with Gasteiger partial charge in [0, 0.05) is 28.0 Å². The molecule has 0 saturated carbocycles. The molecule has 0 aliphatic heterocycles. The van der Waals surface area contributed by atoms with Crippen LogP contribution in [-0.4, -0.2) is 37.1 Å². The summed E-state index contributed by atoms with van der Waals surface area (Å²) in [5.74, 6) is 0.807. The van der Waals surface area contributed by atoms with Crippen LogP contribution < -0.4 is 10.3 Å². The number of hydrogen-bond acceptors (Lipinski definition) is 3. The van der Waals surface area contributed by atoms with Gasteiger partial charge < -0.3 is 14.6 Å². The molecule has 0 fully saturated rings. The Hall–Kier alpha value is -2.30. The quantitative estimate of drug-likeness (QED) is 0.767. The van der Waals surface area contributed by atoms with Gasteiger partial charge in [-0.25, -0.2) is 0 Å². The van der Waals surface area contributed by atoms with Gasteiger partial charge in [0.1, 0.15) is 12.4 Å². The average Bonchev–Trinajstić information content (AvgIpc) is 2.56. The van der Waals surface area contributed by atoms with Crippen molar-refractivity contribution in [2.24, 2.45) is 0 Å². The van der Waals surface area contributed by atoms with E-state index in [0.29, 0.717) is 17.0 Å². The van der Waals surface area contributed by atoms with Gasteiger partial charge in [-0.1, -0.05) is 17.7 Å². The van der Waals surface area contributed by atoms with Crippen molar-refractivity contribution >= 4 is 22.4 Å². The topological polar surface area (TPSA) is 45.3 Å². The zero-order valence-electron chi connectivity index (χ0n) is 13.7. The second kappa shape index (κ2) is 7.07. The van der Waals surface area contributed by atoms with E-state index in [0.717, 1.165) is 28.9 Å². The molecule has 124 valence electrons.